The molecule has 22 heteroatoms. The van der Waals surface area contributed by atoms with Gasteiger partial charge in [0.1, 0.15) is 48.8 Å². The average Bonchev–Trinajstić information content (AvgIpc) is 0.814. The molecule has 2 fully saturated rings. The lowest BCUT2D eigenvalue weighted by molar-refractivity contribution is -0.331. The van der Waals surface area contributed by atoms with Crippen LogP contribution >= 0.6 is 15.6 Å². The second-order valence-electron chi connectivity index (χ2n) is 26.0. The van der Waals surface area contributed by atoms with E-state index in [1.165, 1.54) is 136 Å². The minimum atomic E-state index is -5.22. The van der Waals surface area contributed by atoms with Crippen LogP contribution in [0.15, 0.2) is 12.2 Å². The summed E-state index contributed by atoms with van der Waals surface area (Å²) in [4.78, 5) is 54.1. The van der Waals surface area contributed by atoms with Crippen molar-refractivity contribution in [2.75, 3.05) is 60.5 Å². The normalized spacial score (nSPS) is 22.6. The van der Waals surface area contributed by atoms with Crippen molar-refractivity contribution in [3.8, 4) is 0 Å². The lowest BCUT2D eigenvalue weighted by Gasteiger charge is -2.47. The van der Waals surface area contributed by atoms with E-state index in [1.807, 2.05) is 0 Å². The van der Waals surface area contributed by atoms with E-state index in [9.17, 15) is 38.6 Å². The molecule has 0 unspecified atom stereocenters. The maximum absolute atomic E-state index is 14.2. The van der Waals surface area contributed by atoms with E-state index in [0.717, 1.165) is 128 Å². The van der Waals surface area contributed by atoms with Crippen molar-refractivity contribution in [2.24, 2.45) is 0 Å². The zero-order valence-electron chi connectivity index (χ0n) is 58.7. The number of amides is 1. The van der Waals surface area contributed by atoms with Gasteiger partial charge in [-0.2, -0.15) is 0 Å². The SMILES string of the molecule is CCCCCCCC/C=C/CCCCCCCC(=O)N[C@H]1[C@H](OC[C@H]2O[C@H](OCCOP(=O)(O)O)[C@H](OCCCCCCCCCCCCCC)[C@@H](OCCCCCCCCCCCC)[C@@H]2O)O[C@H](COC)[C@@H](OP(=O)(O)O)[C@@H]1OCC[C@@H](CCCCCCC)OC. The number of hydrogen-bond acceptors (Lipinski definition) is 15. The lowest BCUT2D eigenvalue weighted by atomic mass is 9.95. The summed E-state index contributed by atoms with van der Waals surface area (Å²) in [5.74, 6) is -0.353. The molecule has 20 nitrogen and oxygen atoms in total. The number of rotatable bonds is 65. The number of methoxy groups -OCH3 is 2. The summed E-state index contributed by atoms with van der Waals surface area (Å²) < 4.78 is 92.0. The molecule has 2 aliphatic heterocycles. The Morgan fingerprint density at radius 1 is 0.446 bits per heavy atom. The molecule has 1 amide bonds. The van der Waals surface area contributed by atoms with Gasteiger partial charge >= 0.3 is 15.6 Å². The number of ether oxygens (including phenoxy) is 9. The number of phosphoric ester groups is 2. The molecule has 11 atom stereocenters. The first-order valence-electron chi connectivity index (χ1n) is 37.1. The van der Waals surface area contributed by atoms with E-state index < -0.39 is 83.6 Å². The van der Waals surface area contributed by atoms with Crippen LogP contribution in [0.2, 0.25) is 0 Å². The molecule has 0 aromatic carbocycles. The molecule has 0 saturated carbocycles. The van der Waals surface area contributed by atoms with Crippen molar-refractivity contribution in [3.05, 3.63) is 12.2 Å². The maximum Gasteiger partial charge on any atom is 0.470 e. The van der Waals surface area contributed by atoms with Crippen molar-refractivity contribution in [3.63, 3.8) is 0 Å². The van der Waals surface area contributed by atoms with Gasteiger partial charge in [-0.1, -0.05) is 252 Å². The smallest absolute Gasteiger partial charge is 0.387 e. The fourth-order valence-electron chi connectivity index (χ4n) is 12.3. The van der Waals surface area contributed by atoms with E-state index in [-0.39, 0.29) is 44.9 Å². The predicted octanol–water partition coefficient (Wildman–Crippen LogP) is 16.1. The summed E-state index contributed by atoms with van der Waals surface area (Å²) >= 11 is 0. The number of aliphatic hydroxyl groups excluding tert-OH is 1. The van der Waals surface area contributed by atoms with Crippen LogP contribution in [-0.4, -0.2) is 159 Å². The molecule has 2 rings (SSSR count). The van der Waals surface area contributed by atoms with Crippen LogP contribution in [0.25, 0.3) is 0 Å². The summed E-state index contributed by atoms with van der Waals surface area (Å²) in [5.41, 5.74) is 0. The summed E-state index contributed by atoms with van der Waals surface area (Å²) in [6.45, 7) is 8.19. The summed E-state index contributed by atoms with van der Waals surface area (Å²) in [7, 11) is -7.00. The Labute approximate surface area is 558 Å². The summed E-state index contributed by atoms with van der Waals surface area (Å²) in [5, 5.41) is 15.5. The first-order valence-corrected chi connectivity index (χ1v) is 40.2. The fraction of sp³-hybridized carbons (Fsp3) is 0.957. The number of phosphoric acid groups is 2. The van der Waals surface area contributed by atoms with Gasteiger partial charge in [0.05, 0.1) is 32.5 Å². The van der Waals surface area contributed by atoms with E-state index in [4.69, 9.17) is 51.7 Å². The zero-order chi connectivity index (χ0) is 67.2. The monoisotopic (exact) mass is 1360 g/mol. The topological polar surface area (TPSA) is 266 Å². The summed E-state index contributed by atoms with van der Waals surface area (Å²) in [6, 6.07) is -1.21. The fourth-order valence-corrected chi connectivity index (χ4v) is 13.2. The van der Waals surface area contributed by atoms with Crippen LogP contribution in [-0.2, 0) is 65.6 Å². The molecular weight excluding hydrogens is 1220 g/mol. The first-order chi connectivity index (χ1) is 44.6. The van der Waals surface area contributed by atoms with Crippen molar-refractivity contribution < 1.29 is 90.3 Å². The molecule has 0 radical (unpaired) electrons. The Kier molecular flexibility index (Phi) is 54.8. The average molecular weight is 1360 g/mol. The Hall–Kier alpha value is -0.970. The molecule has 546 valence electrons. The second kappa shape index (κ2) is 57.9. The van der Waals surface area contributed by atoms with Gasteiger partial charge in [0.15, 0.2) is 12.6 Å². The number of carbonyl (C=O) groups is 1. The Morgan fingerprint density at radius 3 is 1.37 bits per heavy atom. The molecule has 0 bridgehead atoms. The van der Waals surface area contributed by atoms with Gasteiger partial charge in [0.25, 0.3) is 0 Å². The second-order valence-corrected chi connectivity index (χ2v) is 28.4. The van der Waals surface area contributed by atoms with Crippen LogP contribution in [0, 0.1) is 0 Å². The van der Waals surface area contributed by atoms with Crippen LogP contribution in [0.3, 0.4) is 0 Å². The molecule has 0 aliphatic carbocycles. The molecule has 0 spiro atoms. The van der Waals surface area contributed by atoms with Gasteiger partial charge in [-0.3, -0.25) is 13.8 Å². The number of aliphatic hydroxyl groups is 1. The highest BCUT2D eigenvalue weighted by Gasteiger charge is 2.53. The largest absolute Gasteiger partial charge is 0.470 e. The number of unbranched alkanes of at least 4 members (excludes halogenated alkanes) is 35. The van der Waals surface area contributed by atoms with E-state index >= 15 is 0 Å². The van der Waals surface area contributed by atoms with Crippen LogP contribution in [0.5, 0.6) is 0 Å². The molecule has 0 aromatic rings. The lowest BCUT2D eigenvalue weighted by Crippen LogP contribution is -2.67. The van der Waals surface area contributed by atoms with Crippen LogP contribution < -0.4 is 5.32 Å². The van der Waals surface area contributed by atoms with Gasteiger partial charge < -0.3 is 72.6 Å². The van der Waals surface area contributed by atoms with Gasteiger partial charge in [0.2, 0.25) is 5.91 Å². The minimum absolute atomic E-state index is 0.0695. The number of nitrogens with one attached hydrogen (secondary N) is 1. The Morgan fingerprint density at radius 2 is 0.891 bits per heavy atom. The Balaban J connectivity index is 2.44. The molecule has 2 saturated heterocycles. The molecular formula is C70H137NO19P2. The third-order valence-corrected chi connectivity index (χ3v) is 18.8. The van der Waals surface area contributed by atoms with E-state index in [0.29, 0.717) is 26.1 Å². The van der Waals surface area contributed by atoms with Crippen molar-refractivity contribution in [1.82, 2.24) is 5.32 Å². The number of hydrogen-bond donors (Lipinski definition) is 6. The Bertz CT molecular complexity index is 1810. The van der Waals surface area contributed by atoms with Crippen molar-refractivity contribution in [2.45, 2.75) is 371 Å². The highest BCUT2D eigenvalue weighted by Crippen LogP contribution is 2.43. The third kappa shape index (κ3) is 44.8. The van der Waals surface area contributed by atoms with E-state index in [2.05, 4.69) is 45.2 Å². The van der Waals surface area contributed by atoms with E-state index in [1.54, 1.807) is 7.11 Å². The summed E-state index contributed by atoms with van der Waals surface area (Å²) in [6.07, 6.45) is 39.8. The molecule has 6 N–H and O–H groups in total. The third-order valence-electron chi connectivity index (χ3n) is 17.7. The zero-order valence-corrected chi connectivity index (χ0v) is 60.5. The minimum Gasteiger partial charge on any atom is -0.387 e. The standard InChI is InChI=1S/C70H137NO19P2/c1-7-11-15-19-22-25-28-30-31-32-33-35-38-42-46-50-62(72)71-63-66(84-54-51-59(81-6)49-45-41-18-14-10-4)65(90-92(77,78)79)61(57-80-5)89-69(63)86-58-60-64(73)67(82-52-47-43-39-36-27-24-21-17-13-9-3)68(70(88-60)85-55-56-87-91(74,75)76)83-53-48-44-40-37-34-29-26-23-20-16-12-8-2/h30-31,59-61,63-70,73H,7-29,32-58H2,1-6H3,(H,71,72)(H2,74,75,76)(H2,77,78,79)/b31-30+/t59-,60-,61-,63-,64-,65-,66-,67+,68-,69-,70+/m1/s1. The molecule has 2 aliphatic rings. The van der Waals surface area contributed by atoms with Crippen molar-refractivity contribution >= 4 is 21.6 Å². The maximum atomic E-state index is 14.2. The quantitative estimate of drug-likeness (QED) is 0.0188. The van der Waals surface area contributed by atoms with Crippen molar-refractivity contribution in [1.29, 1.82) is 0 Å². The highest BCUT2D eigenvalue weighted by molar-refractivity contribution is 7.46. The predicted molar refractivity (Wildman–Crippen MR) is 364 cm³/mol. The highest BCUT2D eigenvalue weighted by atomic mass is 31.2. The molecule has 2 heterocycles. The molecule has 0 aromatic heterocycles. The van der Waals surface area contributed by atoms with Gasteiger partial charge in [-0.05, 0) is 57.8 Å². The number of allylic oxidation sites excluding steroid dienone is 2. The molecule has 92 heavy (non-hydrogen) atoms. The van der Waals surface area contributed by atoms with Gasteiger partial charge in [-0.25, -0.2) is 9.13 Å². The first kappa shape index (κ1) is 87.1. The van der Waals surface area contributed by atoms with Crippen LogP contribution in [0.4, 0.5) is 0 Å². The van der Waals surface area contributed by atoms with Gasteiger partial charge in [-0.15, -0.1) is 0 Å². The van der Waals surface area contributed by atoms with Gasteiger partial charge in [0, 0.05) is 40.5 Å². The number of carbonyl (C=O) groups excluding carboxylic acids is 1. The van der Waals surface area contributed by atoms with Crippen LogP contribution in [0.1, 0.15) is 304 Å².